The molecule has 2 rings (SSSR count). The maximum Gasteiger partial charge on any atom is 0.328 e. The summed E-state index contributed by atoms with van der Waals surface area (Å²) in [5.41, 5.74) is 0.0379. The van der Waals surface area contributed by atoms with Gasteiger partial charge in [-0.15, -0.1) is 0 Å². The number of hydrogen-bond donors (Lipinski definition) is 1. The minimum atomic E-state index is -1.18. The van der Waals surface area contributed by atoms with E-state index in [1.807, 2.05) is 0 Å². The van der Waals surface area contributed by atoms with E-state index in [2.05, 4.69) is 15.9 Å². The molecule has 6 heteroatoms. The Morgan fingerprint density at radius 3 is 2.76 bits per heavy atom. The standard InChI is InChI=1S/C15H9BrClFO3/c16-9-4-6-11(17)14(8-9)21-13-3-1-2-12(18)10(13)5-7-15(19)20/h1-8H,(H,19,20)/b7-5+. The molecular formula is C15H9BrClFO3. The van der Waals surface area contributed by atoms with Crippen molar-refractivity contribution in [2.75, 3.05) is 0 Å². The molecule has 0 radical (unpaired) electrons. The zero-order valence-corrected chi connectivity index (χ0v) is 12.9. The van der Waals surface area contributed by atoms with Crippen LogP contribution in [0.25, 0.3) is 6.08 Å². The van der Waals surface area contributed by atoms with Crippen LogP contribution in [0.4, 0.5) is 4.39 Å². The highest BCUT2D eigenvalue weighted by molar-refractivity contribution is 9.10. The Hall–Kier alpha value is -1.85. The van der Waals surface area contributed by atoms with Gasteiger partial charge in [-0.25, -0.2) is 9.18 Å². The lowest BCUT2D eigenvalue weighted by molar-refractivity contribution is -0.131. The zero-order valence-electron chi connectivity index (χ0n) is 10.5. The van der Waals surface area contributed by atoms with E-state index >= 15 is 0 Å². The molecule has 21 heavy (non-hydrogen) atoms. The van der Waals surface area contributed by atoms with Crippen LogP contribution < -0.4 is 4.74 Å². The van der Waals surface area contributed by atoms with Crippen molar-refractivity contribution in [2.24, 2.45) is 0 Å². The summed E-state index contributed by atoms with van der Waals surface area (Å²) in [5.74, 6) is -1.25. The van der Waals surface area contributed by atoms with Gasteiger partial charge in [-0.1, -0.05) is 33.6 Å². The van der Waals surface area contributed by atoms with Gasteiger partial charge in [-0.2, -0.15) is 0 Å². The Morgan fingerprint density at radius 1 is 1.29 bits per heavy atom. The highest BCUT2D eigenvalue weighted by Crippen LogP contribution is 2.34. The quantitative estimate of drug-likeness (QED) is 0.758. The van der Waals surface area contributed by atoms with Crippen LogP contribution in [0.5, 0.6) is 11.5 Å². The first-order valence-corrected chi connectivity index (χ1v) is 6.97. The van der Waals surface area contributed by atoms with Gasteiger partial charge in [0.05, 0.1) is 10.6 Å². The molecule has 0 aromatic heterocycles. The van der Waals surface area contributed by atoms with Crippen molar-refractivity contribution in [2.45, 2.75) is 0 Å². The van der Waals surface area contributed by atoms with Crippen LogP contribution in [0.3, 0.4) is 0 Å². The molecule has 1 N–H and O–H groups in total. The lowest BCUT2D eigenvalue weighted by Gasteiger charge is -2.11. The van der Waals surface area contributed by atoms with Gasteiger partial charge in [0.15, 0.2) is 0 Å². The van der Waals surface area contributed by atoms with Gasteiger partial charge in [-0.3, -0.25) is 0 Å². The SMILES string of the molecule is O=C(O)/C=C/c1c(F)cccc1Oc1cc(Br)ccc1Cl. The second-order valence-electron chi connectivity index (χ2n) is 4.00. The second kappa shape index (κ2) is 6.74. The number of rotatable bonds is 4. The number of ether oxygens (including phenoxy) is 1. The van der Waals surface area contributed by atoms with Crippen molar-refractivity contribution in [3.8, 4) is 11.5 Å². The number of hydrogen-bond acceptors (Lipinski definition) is 2. The van der Waals surface area contributed by atoms with Crippen LogP contribution in [0.1, 0.15) is 5.56 Å². The molecule has 0 amide bonds. The molecule has 0 bridgehead atoms. The molecule has 0 unspecified atom stereocenters. The average Bonchev–Trinajstić information content (AvgIpc) is 2.42. The first kappa shape index (κ1) is 15.5. The van der Waals surface area contributed by atoms with Crippen molar-refractivity contribution in [3.63, 3.8) is 0 Å². The van der Waals surface area contributed by atoms with Crippen molar-refractivity contribution in [3.05, 3.63) is 63.4 Å². The molecule has 3 nitrogen and oxygen atoms in total. The largest absolute Gasteiger partial charge is 0.478 e. The molecule has 0 atom stereocenters. The molecular weight excluding hydrogens is 363 g/mol. The molecule has 0 fully saturated rings. The summed E-state index contributed by atoms with van der Waals surface area (Å²) >= 11 is 9.30. The van der Waals surface area contributed by atoms with Gasteiger partial charge in [0.25, 0.3) is 0 Å². The summed E-state index contributed by atoms with van der Waals surface area (Å²) in [7, 11) is 0. The first-order chi connectivity index (χ1) is 9.97. The molecule has 0 aliphatic heterocycles. The van der Waals surface area contributed by atoms with Gasteiger partial charge in [0, 0.05) is 10.5 Å². The van der Waals surface area contributed by atoms with E-state index in [0.717, 1.165) is 16.6 Å². The number of halogens is 3. The smallest absolute Gasteiger partial charge is 0.328 e. The van der Waals surface area contributed by atoms with E-state index in [-0.39, 0.29) is 11.3 Å². The summed E-state index contributed by atoms with van der Waals surface area (Å²) in [6.07, 6.45) is 1.98. The van der Waals surface area contributed by atoms with Crippen molar-refractivity contribution >= 4 is 39.6 Å². The summed E-state index contributed by atoms with van der Waals surface area (Å²) in [5, 5.41) is 9.01. The third-order valence-electron chi connectivity index (χ3n) is 2.52. The normalized spacial score (nSPS) is 10.8. The van der Waals surface area contributed by atoms with Crippen LogP contribution in [-0.2, 0) is 4.79 Å². The van der Waals surface area contributed by atoms with Crippen LogP contribution in [0.15, 0.2) is 46.9 Å². The highest BCUT2D eigenvalue weighted by Gasteiger charge is 2.10. The molecule has 0 saturated carbocycles. The number of aliphatic carboxylic acids is 1. The molecule has 0 aliphatic carbocycles. The topological polar surface area (TPSA) is 46.5 Å². The van der Waals surface area contributed by atoms with Gasteiger partial charge in [0.1, 0.15) is 17.3 Å². The van der Waals surface area contributed by atoms with E-state index in [9.17, 15) is 9.18 Å². The van der Waals surface area contributed by atoms with Gasteiger partial charge in [0.2, 0.25) is 0 Å². The third kappa shape index (κ3) is 4.06. The fourth-order valence-electron chi connectivity index (χ4n) is 1.60. The zero-order chi connectivity index (χ0) is 15.4. The van der Waals surface area contributed by atoms with E-state index in [4.69, 9.17) is 21.4 Å². The molecule has 0 aliphatic rings. The average molecular weight is 372 g/mol. The van der Waals surface area contributed by atoms with E-state index in [1.54, 1.807) is 18.2 Å². The number of carbonyl (C=O) groups is 1. The van der Waals surface area contributed by atoms with Crippen LogP contribution in [0, 0.1) is 5.82 Å². The predicted octanol–water partition coefficient (Wildman–Crippen LogP) is 5.13. The lowest BCUT2D eigenvalue weighted by atomic mass is 10.1. The maximum atomic E-state index is 13.8. The Bertz CT molecular complexity index is 716. The van der Waals surface area contributed by atoms with Gasteiger partial charge < -0.3 is 9.84 Å². The number of carboxylic acids is 1. The molecule has 0 heterocycles. The predicted molar refractivity (Wildman–Crippen MR) is 82.3 cm³/mol. The van der Waals surface area contributed by atoms with Crippen molar-refractivity contribution in [1.82, 2.24) is 0 Å². The van der Waals surface area contributed by atoms with Gasteiger partial charge in [-0.05, 0) is 36.4 Å². The molecule has 0 saturated heterocycles. The van der Waals surface area contributed by atoms with E-state index in [0.29, 0.717) is 10.8 Å². The van der Waals surface area contributed by atoms with Crippen LogP contribution >= 0.6 is 27.5 Å². The summed E-state index contributed by atoms with van der Waals surface area (Å²) in [6.45, 7) is 0. The summed E-state index contributed by atoms with van der Waals surface area (Å²) < 4.78 is 20.2. The Morgan fingerprint density at radius 2 is 2.05 bits per heavy atom. The summed E-state index contributed by atoms with van der Waals surface area (Å²) in [4.78, 5) is 10.6. The molecule has 0 spiro atoms. The highest BCUT2D eigenvalue weighted by atomic mass is 79.9. The molecule has 108 valence electrons. The monoisotopic (exact) mass is 370 g/mol. The molecule has 2 aromatic carbocycles. The Balaban J connectivity index is 2.42. The van der Waals surface area contributed by atoms with Crippen LogP contribution in [-0.4, -0.2) is 11.1 Å². The second-order valence-corrected chi connectivity index (χ2v) is 5.32. The Labute approximate surface area is 133 Å². The van der Waals surface area contributed by atoms with Crippen molar-refractivity contribution < 1.29 is 19.0 Å². The van der Waals surface area contributed by atoms with E-state index < -0.39 is 11.8 Å². The maximum absolute atomic E-state index is 13.8. The summed E-state index contributed by atoms with van der Waals surface area (Å²) in [6, 6.07) is 9.23. The van der Waals surface area contributed by atoms with Crippen LogP contribution in [0.2, 0.25) is 5.02 Å². The molecule has 2 aromatic rings. The van der Waals surface area contributed by atoms with Gasteiger partial charge >= 0.3 is 5.97 Å². The number of carboxylic acid groups (broad SMARTS) is 1. The lowest BCUT2D eigenvalue weighted by Crippen LogP contribution is -1.93. The minimum Gasteiger partial charge on any atom is -0.478 e. The third-order valence-corrected chi connectivity index (χ3v) is 3.32. The van der Waals surface area contributed by atoms with Crippen molar-refractivity contribution in [1.29, 1.82) is 0 Å². The number of benzene rings is 2. The fourth-order valence-corrected chi connectivity index (χ4v) is 2.09. The minimum absolute atomic E-state index is 0.0379. The first-order valence-electron chi connectivity index (χ1n) is 5.80. The fraction of sp³-hybridized carbons (Fsp3) is 0. The Kier molecular flexibility index (Phi) is 4.98. The van der Waals surface area contributed by atoms with E-state index in [1.165, 1.54) is 18.2 Å².